The Hall–Kier alpha value is -3.26. The van der Waals surface area contributed by atoms with Crippen LogP contribution in [0.4, 0.5) is 4.39 Å². The zero-order chi connectivity index (χ0) is 23.5. The van der Waals surface area contributed by atoms with Crippen molar-refractivity contribution in [1.82, 2.24) is 15.2 Å². The van der Waals surface area contributed by atoms with Gasteiger partial charge in [0.15, 0.2) is 0 Å². The summed E-state index contributed by atoms with van der Waals surface area (Å²) in [6, 6.07) is 14.0. The lowest BCUT2D eigenvalue weighted by molar-refractivity contribution is 0.0493. The number of aryl methyl sites for hydroxylation is 1. The number of nitrogens with zero attached hydrogens (tertiary/aromatic N) is 3. The Morgan fingerprint density at radius 3 is 2.76 bits per heavy atom. The van der Waals surface area contributed by atoms with Crippen LogP contribution in [-0.4, -0.2) is 46.9 Å². The second-order valence-electron chi connectivity index (χ2n) is 9.34. The van der Waals surface area contributed by atoms with Gasteiger partial charge in [-0.1, -0.05) is 34.6 Å². The van der Waals surface area contributed by atoms with E-state index in [-0.39, 0.29) is 29.9 Å². The third kappa shape index (κ3) is 4.82. The third-order valence-corrected chi connectivity index (χ3v) is 6.98. The van der Waals surface area contributed by atoms with E-state index in [1.807, 2.05) is 23.1 Å². The van der Waals surface area contributed by atoms with E-state index in [0.29, 0.717) is 48.8 Å². The van der Waals surface area contributed by atoms with Gasteiger partial charge in [-0.3, -0.25) is 4.79 Å². The molecule has 178 valence electrons. The van der Waals surface area contributed by atoms with Crippen molar-refractivity contribution in [2.75, 3.05) is 19.7 Å². The van der Waals surface area contributed by atoms with Crippen LogP contribution < -0.4 is 4.74 Å². The molecule has 2 aliphatic heterocycles. The Bertz CT molecular complexity index is 1160. The van der Waals surface area contributed by atoms with Gasteiger partial charge in [0.25, 0.3) is 5.91 Å². The van der Waals surface area contributed by atoms with Crippen molar-refractivity contribution in [3.05, 3.63) is 76.9 Å². The summed E-state index contributed by atoms with van der Waals surface area (Å²) >= 11 is 0. The maximum absolute atomic E-state index is 13.5. The van der Waals surface area contributed by atoms with Crippen LogP contribution in [0.3, 0.4) is 0 Å². The summed E-state index contributed by atoms with van der Waals surface area (Å²) in [5, 5.41) is 7.59. The number of carbonyl (C=O) groups excluding carboxylic acids is 1. The van der Waals surface area contributed by atoms with Crippen LogP contribution in [0.15, 0.2) is 53.2 Å². The molecular formula is C26H28FN3O4. The van der Waals surface area contributed by atoms with Gasteiger partial charge in [0.2, 0.25) is 0 Å². The quantitative estimate of drug-likeness (QED) is 0.539. The number of amides is 1. The predicted octanol–water partition coefficient (Wildman–Crippen LogP) is 4.35. The molecule has 7 nitrogen and oxygen atoms in total. The Balaban J connectivity index is 1.18. The van der Waals surface area contributed by atoms with Crippen molar-refractivity contribution >= 4 is 5.91 Å². The number of halogens is 1. The van der Waals surface area contributed by atoms with Crippen LogP contribution >= 0.6 is 0 Å². The lowest BCUT2D eigenvalue weighted by Gasteiger charge is -2.38. The van der Waals surface area contributed by atoms with E-state index < -0.39 is 0 Å². The number of piperidine rings is 1. The van der Waals surface area contributed by atoms with Crippen LogP contribution in [-0.2, 0) is 17.8 Å². The molecule has 5 rings (SSSR count). The Morgan fingerprint density at radius 2 is 2.00 bits per heavy atom. The Labute approximate surface area is 197 Å². The number of carbonyl (C=O) groups is 1. The molecule has 2 aromatic carbocycles. The van der Waals surface area contributed by atoms with Gasteiger partial charge >= 0.3 is 0 Å². The summed E-state index contributed by atoms with van der Waals surface area (Å²) in [6.07, 6.45) is 3.54. The molecule has 34 heavy (non-hydrogen) atoms. The first kappa shape index (κ1) is 22.5. The fourth-order valence-electron chi connectivity index (χ4n) is 4.95. The van der Waals surface area contributed by atoms with Gasteiger partial charge < -0.3 is 14.4 Å². The van der Waals surface area contributed by atoms with Crippen LogP contribution in [0, 0.1) is 18.2 Å². The number of hydrogen-bond acceptors (Lipinski definition) is 6. The standard InChI is InChI=1S/C26H28FN3O4/c1-18-23(29-34-28-18)16-32-24-8-3-2-7-22(24)25(31)30-11-9-26(10-12-30)15-21(33-17-26)14-19-5-4-6-20(27)13-19/h2-8,13,21H,9-12,14-17H2,1H3/t21-/m0/s1. The van der Waals surface area contributed by atoms with Crippen molar-refractivity contribution in [3.8, 4) is 5.75 Å². The number of para-hydroxylation sites is 1. The summed E-state index contributed by atoms with van der Waals surface area (Å²) < 4.78 is 30.2. The highest BCUT2D eigenvalue weighted by Crippen LogP contribution is 2.43. The second kappa shape index (κ2) is 9.54. The number of hydrogen-bond donors (Lipinski definition) is 0. The smallest absolute Gasteiger partial charge is 0.257 e. The molecule has 0 unspecified atom stereocenters. The summed E-state index contributed by atoms with van der Waals surface area (Å²) in [4.78, 5) is 15.2. The maximum Gasteiger partial charge on any atom is 0.257 e. The van der Waals surface area contributed by atoms with E-state index in [9.17, 15) is 9.18 Å². The van der Waals surface area contributed by atoms with E-state index in [0.717, 1.165) is 24.8 Å². The molecular weight excluding hydrogens is 437 g/mol. The van der Waals surface area contributed by atoms with Gasteiger partial charge in [-0.05, 0) is 67.9 Å². The molecule has 1 atom stereocenters. The van der Waals surface area contributed by atoms with Crippen LogP contribution in [0.1, 0.15) is 46.6 Å². The monoisotopic (exact) mass is 465 g/mol. The fraction of sp³-hybridized carbons (Fsp3) is 0.423. The van der Waals surface area contributed by atoms with Crippen molar-refractivity contribution < 1.29 is 23.3 Å². The van der Waals surface area contributed by atoms with Gasteiger partial charge in [0.1, 0.15) is 29.6 Å². The van der Waals surface area contributed by atoms with E-state index in [2.05, 4.69) is 10.3 Å². The topological polar surface area (TPSA) is 77.7 Å². The molecule has 2 saturated heterocycles. The Morgan fingerprint density at radius 1 is 1.18 bits per heavy atom. The average molecular weight is 466 g/mol. The lowest BCUT2D eigenvalue weighted by atomic mass is 9.76. The molecule has 2 fully saturated rings. The number of benzene rings is 2. The first-order chi connectivity index (χ1) is 16.5. The second-order valence-corrected chi connectivity index (χ2v) is 9.34. The Kier molecular flexibility index (Phi) is 6.32. The average Bonchev–Trinajstić information content (AvgIpc) is 3.43. The van der Waals surface area contributed by atoms with Gasteiger partial charge in [-0.2, -0.15) is 0 Å². The van der Waals surface area contributed by atoms with Crippen LogP contribution in [0.2, 0.25) is 0 Å². The minimum Gasteiger partial charge on any atom is -0.486 e. The molecule has 1 aromatic heterocycles. The van der Waals surface area contributed by atoms with Crippen molar-refractivity contribution in [3.63, 3.8) is 0 Å². The highest BCUT2D eigenvalue weighted by molar-refractivity contribution is 5.97. The fourth-order valence-corrected chi connectivity index (χ4v) is 4.95. The zero-order valence-corrected chi connectivity index (χ0v) is 19.2. The normalized spacial score (nSPS) is 19.5. The lowest BCUT2D eigenvalue weighted by Crippen LogP contribution is -2.43. The van der Waals surface area contributed by atoms with E-state index in [4.69, 9.17) is 14.1 Å². The molecule has 3 aromatic rings. The number of rotatable bonds is 6. The molecule has 1 amide bonds. The van der Waals surface area contributed by atoms with Gasteiger partial charge in [0, 0.05) is 13.1 Å². The van der Waals surface area contributed by atoms with E-state index in [1.165, 1.54) is 6.07 Å². The molecule has 3 heterocycles. The zero-order valence-electron chi connectivity index (χ0n) is 19.2. The molecule has 0 bridgehead atoms. The molecule has 1 spiro atoms. The minimum absolute atomic E-state index is 0.0318. The first-order valence-electron chi connectivity index (χ1n) is 11.7. The van der Waals surface area contributed by atoms with Crippen molar-refractivity contribution in [2.45, 2.75) is 45.3 Å². The number of likely N-dealkylation sites (tertiary alicyclic amines) is 1. The predicted molar refractivity (Wildman–Crippen MR) is 122 cm³/mol. The summed E-state index contributed by atoms with van der Waals surface area (Å²) in [7, 11) is 0. The maximum atomic E-state index is 13.5. The molecule has 0 saturated carbocycles. The van der Waals surface area contributed by atoms with E-state index >= 15 is 0 Å². The summed E-state index contributed by atoms with van der Waals surface area (Å²) in [5.74, 6) is 0.277. The highest BCUT2D eigenvalue weighted by atomic mass is 19.1. The van der Waals surface area contributed by atoms with Crippen LogP contribution in [0.5, 0.6) is 5.75 Å². The van der Waals surface area contributed by atoms with Crippen molar-refractivity contribution in [1.29, 1.82) is 0 Å². The molecule has 0 aliphatic carbocycles. The van der Waals surface area contributed by atoms with Crippen LogP contribution in [0.25, 0.3) is 0 Å². The number of ether oxygens (including phenoxy) is 2. The van der Waals surface area contributed by atoms with Crippen molar-refractivity contribution in [2.24, 2.45) is 5.41 Å². The van der Waals surface area contributed by atoms with Gasteiger partial charge in [-0.15, -0.1) is 0 Å². The van der Waals surface area contributed by atoms with E-state index in [1.54, 1.807) is 31.2 Å². The number of aromatic nitrogens is 2. The SMILES string of the molecule is Cc1nonc1COc1ccccc1C(=O)N1CCC2(CC1)CO[C@@H](Cc1cccc(F)c1)C2. The molecule has 2 aliphatic rings. The van der Waals surface area contributed by atoms with Gasteiger partial charge in [-0.25, -0.2) is 9.02 Å². The third-order valence-electron chi connectivity index (χ3n) is 6.98. The highest BCUT2D eigenvalue weighted by Gasteiger charge is 2.43. The first-order valence-corrected chi connectivity index (χ1v) is 11.7. The molecule has 0 radical (unpaired) electrons. The summed E-state index contributed by atoms with van der Waals surface area (Å²) in [6.45, 7) is 4.03. The largest absolute Gasteiger partial charge is 0.486 e. The van der Waals surface area contributed by atoms with Gasteiger partial charge in [0.05, 0.1) is 18.3 Å². The minimum atomic E-state index is -0.214. The summed E-state index contributed by atoms with van der Waals surface area (Å²) in [5.41, 5.74) is 2.86. The molecule has 8 heteroatoms. The molecule has 0 N–H and O–H groups in total.